The number of aromatic nitrogens is 2. The summed E-state index contributed by atoms with van der Waals surface area (Å²) in [6, 6.07) is 5.75. The summed E-state index contributed by atoms with van der Waals surface area (Å²) < 4.78 is 6.23. The fourth-order valence-corrected chi connectivity index (χ4v) is 1.84. The third kappa shape index (κ3) is 2.16. The first-order chi connectivity index (χ1) is 7.20. The predicted octanol–water partition coefficient (Wildman–Crippen LogP) is 3.50. The zero-order chi connectivity index (χ0) is 10.8. The second kappa shape index (κ2) is 4.24. The van der Waals surface area contributed by atoms with Crippen molar-refractivity contribution in [2.75, 3.05) is 7.11 Å². The summed E-state index contributed by atoms with van der Waals surface area (Å²) in [5.41, 5.74) is 1.75. The molecular formula is C10H8BrClN2O. The molecule has 5 heteroatoms. The molecule has 3 nitrogen and oxygen atoms in total. The zero-order valence-corrected chi connectivity index (χ0v) is 10.3. The average Bonchev–Trinajstić information content (AvgIpc) is 2.65. The van der Waals surface area contributed by atoms with Crippen LogP contribution in [-0.4, -0.2) is 17.1 Å². The summed E-state index contributed by atoms with van der Waals surface area (Å²) in [6.07, 6.45) is 1.67. The van der Waals surface area contributed by atoms with Crippen molar-refractivity contribution in [2.45, 2.75) is 0 Å². The van der Waals surface area contributed by atoms with Gasteiger partial charge in [0, 0.05) is 10.0 Å². The second-order valence-electron chi connectivity index (χ2n) is 2.93. The summed E-state index contributed by atoms with van der Waals surface area (Å²) in [5.74, 6) is 0.776. The molecule has 0 atom stereocenters. The molecule has 0 amide bonds. The second-order valence-corrected chi connectivity index (χ2v) is 4.21. The molecule has 0 bridgehead atoms. The number of methoxy groups -OCH3 is 1. The van der Waals surface area contributed by atoms with Gasteiger partial charge in [0.15, 0.2) is 5.28 Å². The molecular weight excluding hydrogens is 279 g/mol. The first-order valence-corrected chi connectivity index (χ1v) is 5.42. The number of rotatable bonds is 2. The summed E-state index contributed by atoms with van der Waals surface area (Å²) in [5, 5.41) is 0.368. The van der Waals surface area contributed by atoms with Gasteiger partial charge in [-0.15, -0.1) is 0 Å². The molecule has 1 aromatic heterocycles. The number of ether oxygens (including phenoxy) is 1. The number of nitrogens with zero attached hydrogens (tertiary/aromatic N) is 1. The zero-order valence-electron chi connectivity index (χ0n) is 7.92. The molecule has 0 unspecified atom stereocenters. The van der Waals surface area contributed by atoms with Crippen LogP contribution >= 0.6 is 27.5 Å². The van der Waals surface area contributed by atoms with Gasteiger partial charge in [-0.2, -0.15) is 0 Å². The highest BCUT2D eigenvalue weighted by molar-refractivity contribution is 9.10. The Morgan fingerprint density at radius 1 is 1.47 bits per heavy atom. The van der Waals surface area contributed by atoms with Gasteiger partial charge in [0.2, 0.25) is 0 Å². The van der Waals surface area contributed by atoms with Gasteiger partial charge in [0.25, 0.3) is 0 Å². The topological polar surface area (TPSA) is 37.9 Å². The summed E-state index contributed by atoms with van der Waals surface area (Å²) in [6.45, 7) is 0. The lowest BCUT2D eigenvalue weighted by Crippen LogP contribution is -1.87. The molecule has 1 N–H and O–H groups in total. The number of hydrogen-bond acceptors (Lipinski definition) is 2. The molecule has 0 spiro atoms. The van der Waals surface area contributed by atoms with Crippen molar-refractivity contribution in [2.24, 2.45) is 0 Å². The van der Waals surface area contributed by atoms with Gasteiger partial charge in [-0.25, -0.2) is 4.98 Å². The van der Waals surface area contributed by atoms with E-state index < -0.39 is 0 Å². The van der Waals surface area contributed by atoms with Crippen LogP contribution in [0.5, 0.6) is 5.75 Å². The van der Waals surface area contributed by atoms with Crippen molar-refractivity contribution in [3.8, 4) is 17.0 Å². The minimum atomic E-state index is 0.368. The monoisotopic (exact) mass is 286 g/mol. The van der Waals surface area contributed by atoms with Gasteiger partial charge in [0.1, 0.15) is 5.75 Å². The molecule has 1 aromatic carbocycles. The van der Waals surface area contributed by atoms with Gasteiger partial charge in [-0.1, -0.05) is 15.9 Å². The summed E-state index contributed by atoms with van der Waals surface area (Å²) >= 11 is 9.13. The SMILES string of the molecule is COc1ccc(Br)cc1-c1cnc(Cl)[nH]1. The third-order valence-corrected chi connectivity index (χ3v) is 2.68. The minimum absolute atomic E-state index is 0.368. The van der Waals surface area contributed by atoms with E-state index in [1.54, 1.807) is 13.3 Å². The van der Waals surface area contributed by atoms with Crippen LogP contribution in [0.4, 0.5) is 0 Å². The van der Waals surface area contributed by atoms with E-state index in [0.717, 1.165) is 21.5 Å². The molecule has 0 aliphatic rings. The summed E-state index contributed by atoms with van der Waals surface area (Å²) in [7, 11) is 1.63. The van der Waals surface area contributed by atoms with E-state index in [-0.39, 0.29) is 0 Å². The Morgan fingerprint density at radius 3 is 2.87 bits per heavy atom. The van der Waals surface area contributed by atoms with Crippen LogP contribution in [-0.2, 0) is 0 Å². The van der Waals surface area contributed by atoms with Crippen LogP contribution in [0.25, 0.3) is 11.3 Å². The number of benzene rings is 1. The van der Waals surface area contributed by atoms with Gasteiger partial charge in [-0.3, -0.25) is 0 Å². The third-order valence-electron chi connectivity index (χ3n) is 2.00. The maximum atomic E-state index is 5.73. The van der Waals surface area contributed by atoms with Gasteiger partial charge in [-0.05, 0) is 29.8 Å². The van der Waals surface area contributed by atoms with E-state index in [1.165, 1.54) is 0 Å². The Morgan fingerprint density at radius 2 is 2.27 bits per heavy atom. The van der Waals surface area contributed by atoms with Crippen LogP contribution in [0.15, 0.2) is 28.9 Å². The Hall–Kier alpha value is -1.00. The van der Waals surface area contributed by atoms with E-state index in [1.807, 2.05) is 18.2 Å². The highest BCUT2D eigenvalue weighted by atomic mass is 79.9. The highest BCUT2D eigenvalue weighted by Gasteiger charge is 2.08. The summed E-state index contributed by atoms with van der Waals surface area (Å²) in [4.78, 5) is 6.88. The van der Waals surface area contributed by atoms with Crippen molar-refractivity contribution in [1.29, 1.82) is 0 Å². The van der Waals surface area contributed by atoms with Crippen LogP contribution < -0.4 is 4.74 Å². The minimum Gasteiger partial charge on any atom is -0.496 e. The Balaban J connectivity index is 2.55. The molecule has 15 heavy (non-hydrogen) atoms. The highest BCUT2D eigenvalue weighted by Crippen LogP contribution is 2.31. The normalized spacial score (nSPS) is 10.3. The number of nitrogens with one attached hydrogen (secondary N) is 1. The molecule has 1 heterocycles. The molecule has 0 aliphatic heterocycles. The average molecular weight is 288 g/mol. The molecule has 78 valence electrons. The molecule has 0 saturated heterocycles. The smallest absolute Gasteiger partial charge is 0.200 e. The fraction of sp³-hybridized carbons (Fsp3) is 0.100. The van der Waals surface area contributed by atoms with E-state index in [0.29, 0.717) is 5.28 Å². The lowest BCUT2D eigenvalue weighted by atomic mass is 10.1. The van der Waals surface area contributed by atoms with E-state index >= 15 is 0 Å². The van der Waals surface area contributed by atoms with Crippen LogP contribution in [0.2, 0.25) is 5.28 Å². The molecule has 0 saturated carbocycles. The first kappa shape index (κ1) is 10.5. The van der Waals surface area contributed by atoms with Crippen molar-refractivity contribution in [1.82, 2.24) is 9.97 Å². The standard InChI is InChI=1S/C10H8BrClN2O/c1-15-9-3-2-6(11)4-7(9)8-5-13-10(12)14-8/h2-5H,1H3,(H,13,14). The fourth-order valence-electron chi connectivity index (χ4n) is 1.32. The van der Waals surface area contributed by atoms with E-state index in [9.17, 15) is 0 Å². The Labute approximate surface area is 101 Å². The quantitative estimate of drug-likeness (QED) is 0.918. The molecule has 0 aliphatic carbocycles. The van der Waals surface area contributed by atoms with E-state index in [2.05, 4.69) is 25.9 Å². The Kier molecular flexibility index (Phi) is 2.98. The van der Waals surface area contributed by atoms with Crippen molar-refractivity contribution >= 4 is 27.5 Å². The number of H-pyrrole nitrogens is 1. The molecule has 0 fully saturated rings. The van der Waals surface area contributed by atoms with Crippen LogP contribution in [0.1, 0.15) is 0 Å². The predicted molar refractivity (Wildman–Crippen MR) is 63.3 cm³/mol. The number of imidazole rings is 1. The van der Waals surface area contributed by atoms with Crippen LogP contribution in [0, 0.1) is 0 Å². The maximum absolute atomic E-state index is 5.73. The number of hydrogen-bond donors (Lipinski definition) is 1. The van der Waals surface area contributed by atoms with Crippen molar-refractivity contribution in [3.63, 3.8) is 0 Å². The lowest BCUT2D eigenvalue weighted by Gasteiger charge is -2.06. The van der Waals surface area contributed by atoms with E-state index in [4.69, 9.17) is 16.3 Å². The first-order valence-electron chi connectivity index (χ1n) is 4.25. The van der Waals surface area contributed by atoms with Gasteiger partial charge >= 0.3 is 0 Å². The van der Waals surface area contributed by atoms with Crippen molar-refractivity contribution in [3.05, 3.63) is 34.2 Å². The Bertz CT molecular complexity index is 484. The molecule has 2 aromatic rings. The molecule has 2 rings (SSSR count). The molecule has 0 radical (unpaired) electrons. The number of aromatic amines is 1. The lowest BCUT2D eigenvalue weighted by molar-refractivity contribution is 0.416. The number of halogens is 2. The maximum Gasteiger partial charge on any atom is 0.200 e. The van der Waals surface area contributed by atoms with Gasteiger partial charge < -0.3 is 9.72 Å². The largest absolute Gasteiger partial charge is 0.496 e. The van der Waals surface area contributed by atoms with Gasteiger partial charge in [0.05, 0.1) is 19.0 Å². The van der Waals surface area contributed by atoms with Crippen LogP contribution in [0.3, 0.4) is 0 Å². The van der Waals surface area contributed by atoms with Crippen molar-refractivity contribution < 1.29 is 4.74 Å².